The molecular formula is C42H56F2KNO5-2. The Morgan fingerprint density at radius 1 is 0.922 bits per heavy atom. The van der Waals surface area contributed by atoms with Crippen LogP contribution in [0.2, 0.25) is 0 Å². The number of aryl methyl sites for hydroxylation is 2. The van der Waals surface area contributed by atoms with Crippen LogP contribution in [-0.2, 0) is 20.8 Å². The van der Waals surface area contributed by atoms with E-state index in [1.165, 1.54) is 20.0 Å². The predicted octanol–water partition coefficient (Wildman–Crippen LogP) is 7.68. The van der Waals surface area contributed by atoms with Crippen molar-refractivity contribution in [2.45, 2.75) is 94.4 Å². The number of Topliss-reactive ketones (excluding diaryl/α,β-unsaturated/α-hetero) is 1. The number of benzene rings is 3. The molecule has 3 aromatic carbocycles. The van der Waals surface area contributed by atoms with Gasteiger partial charge in [0.2, 0.25) is 0 Å². The number of phenols is 1. The summed E-state index contributed by atoms with van der Waals surface area (Å²) in [5, 5.41) is 19.2. The van der Waals surface area contributed by atoms with Crippen molar-refractivity contribution in [3.05, 3.63) is 109 Å². The molecule has 0 spiro atoms. The number of carboxylic acid groups (broad SMARTS) is 1. The van der Waals surface area contributed by atoms with Crippen molar-refractivity contribution in [3.8, 4) is 28.0 Å². The maximum absolute atomic E-state index is 15.2. The topological polar surface area (TPSA) is 94.9 Å². The fourth-order valence-electron chi connectivity index (χ4n) is 5.06. The van der Waals surface area contributed by atoms with E-state index in [-0.39, 0.29) is 76.0 Å². The van der Waals surface area contributed by atoms with Gasteiger partial charge in [-0.15, -0.1) is 5.57 Å². The number of hydrogen-bond acceptors (Lipinski definition) is 4. The van der Waals surface area contributed by atoms with Gasteiger partial charge in [0.1, 0.15) is 17.4 Å². The zero-order valence-corrected chi connectivity index (χ0v) is 35.9. The summed E-state index contributed by atoms with van der Waals surface area (Å²) in [7, 11) is 1.42. The van der Waals surface area contributed by atoms with Crippen LogP contribution in [0.5, 0.6) is 5.75 Å². The minimum Gasteiger partial charge on any atom is -0.507 e. The van der Waals surface area contributed by atoms with Crippen molar-refractivity contribution in [1.82, 2.24) is 4.90 Å². The first kappa shape index (κ1) is 52.4. The normalized spacial score (nSPS) is 9.80. The molecule has 0 saturated carbocycles. The van der Waals surface area contributed by atoms with Gasteiger partial charge in [0.25, 0.3) is 0 Å². The molecule has 0 bridgehead atoms. The third kappa shape index (κ3) is 15.3. The van der Waals surface area contributed by atoms with Crippen molar-refractivity contribution in [2.24, 2.45) is 5.41 Å². The number of aliphatic carboxylic acids is 1. The van der Waals surface area contributed by atoms with Crippen molar-refractivity contribution in [1.29, 1.82) is 0 Å². The zero-order valence-electron chi connectivity index (χ0n) is 32.8. The molecule has 0 atom stereocenters. The van der Waals surface area contributed by atoms with E-state index in [1.807, 2.05) is 48.5 Å². The molecule has 276 valence electrons. The molecule has 51 heavy (non-hydrogen) atoms. The first-order chi connectivity index (χ1) is 23.0. The third-order valence-electron chi connectivity index (χ3n) is 7.88. The number of hydrogen-bond donors (Lipinski definition) is 2. The maximum Gasteiger partial charge on any atom is 1.00 e. The minimum atomic E-state index is -0.652. The number of amides is 1. The first-order valence-electron chi connectivity index (χ1n) is 16.5. The molecule has 0 aliphatic rings. The van der Waals surface area contributed by atoms with Crippen LogP contribution in [0.4, 0.5) is 8.78 Å². The second-order valence-electron chi connectivity index (χ2n) is 11.6. The Balaban J connectivity index is -0.000000748. The largest absolute Gasteiger partial charge is 1.00 e. The molecule has 0 saturated heterocycles. The SMILES string of the molecule is CC.CCCC(C)(CCC)C(=O)O.CCc1c(C)cc(-c2cccc(-c3cccc(C)c3O)c2F)cc1F.[CH-]=C(C(C)=O)C(=O)N(C)[C-]=C.[CH3-].[K+]. The molecule has 3 rings (SSSR count). The van der Waals surface area contributed by atoms with Crippen LogP contribution in [0.15, 0.2) is 60.7 Å². The average Bonchev–Trinajstić information content (AvgIpc) is 3.06. The summed E-state index contributed by atoms with van der Waals surface area (Å²) in [6.45, 7) is 25.0. The molecule has 0 aliphatic heterocycles. The fraction of sp³-hybridized carbons (Fsp3) is 0.381. The number of ketones is 1. The number of halogens is 2. The summed E-state index contributed by atoms with van der Waals surface area (Å²) >= 11 is 0. The first-order valence-corrected chi connectivity index (χ1v) is 16.5. The van der Waals surface area contributed by atoms with Crippen LogP contribution >= 0.6 is 0 Å². The number of para-hydroxylation sites is 1. The van der Waals surface area contributed by atoms with Crippen LogP contribution in [0, 0.1) is 51.1 Å². The summed E-state index contributed by atoms with van der Waals surface area (Å²) in [5.41, 5.74) is 2.90. The van der Waals surface area contributed by atoms with Crippen molar-refractivity contribution in [3.63, 3.8) is 0 Å². The third-order valence-corrected chi connectivity index (χ3v) is 7.88. The van der Waals surface area contributed by atoms with Gasteiger partial charge in [-0.05, 0) is 82.3 Å². The van der Waals surface area contributed by atoms with Crippen LogP contribution in [-0.4, -0.2) is 39.8 Å². The smallest absolute Gasteiger partial charge is 0.507 e. The van der Waals surface area contributed by atoms with E-state index in [1.54, 1.807) is 49.4 Å². The summed E-state index contributed by atoms with van der Waals surface area (Å²) in [4.78, 5) is 33.3. The molecule has 0 radical (unpaired) electrons. The molecule has 0 fully saturated rings. The molecule has 6 nitrogen and oxygen atoms in total. The monoisotopic (exact) mass is 731 g/mol. The zero-order chi connectivity index (χ0) is 38.1. The predicted molar refractivity (Wildman–Crippen MR) is 201 cm³/mol. The number of likely N-dealkylation sites (N-methyl/N-ethyl adjacent to an activating group) is 1. The van der Waals surface area contributed by atoms with Gasteiger partial charge in [0.05, 0.1) is 11.3 Å². The Kier molecular flexibility index (Phi) is 26.6. The van der Waals surface area contributed by atoms with E-state index in [9.17, 15) is 23.9 Å². The van der Waals surface area contributed by atoms with E-state index in [0.717, 1.165) is 36.1 Å². The molecule has 3 aromatic rings. The van der Waals surface area contributed by atoms with E-state index < -0.39 is 28.9 Å². The van der Waals surface area contributed by atoms with Gasteiger partial charge in [0, 0.05) is 22.5 Å². The molecular weight excluding hydrogens is 676 g/mol. The fourth-order valence-corrected chi connectivity index (χ4v) is 5.06. The number of carboxylic acids is 1. The number of aromatic hydroxyl groups is 1. The van der Waals surface area contributed by atoms with E-state index in [0.29, 0.717) is 39.8 Å². The van der Waals surface area contributed by atoms with E-state index in [4.69, 9.17) is 11.7 Å². The average molecular weight is 732 g/mol. The van der Waals surface area contributed by atoms with Gasteiger partial charge in [-0.2, -0.15) is 12.8 Å². The quantitative estimate of drug-likeness (QED) is 0.0527. The van der Waals surface area contributed by atoms with Crippen LogP contribution in [0.25, 0.3) is 22.3 Å². The number of carbonyl (C=O) groups excluding carboxylic acids is 2. The molecule has 0 aliphatic carbocycles. The summed E-state index contributed by atoms with van der Waals surface area (Å²) < 4.78 is 29.5. The molecule has 0 heterocycles. The summed E-state index contributed by atoms with van der Waals surface area (Å²) in [5.74, 6) is -2.40. The second kappa shape index (κ2) is 25.9. The van der Waals surface area contributed by atoms with Gasteiger partial charge < -0.3 is 32.1 Å². The van der Waals surface area contributed by atoms with Gasteiger partial charge in [-0.25, -0.2) is 15.4 Å². The van der Waals surface area contributed by atoms with Crippen molar-refractivity contribution < 1.29 is 84.8 Å². The minimum absolute atomic E-state index is 0. The molecule has 2 N–H and O–H groups in total. The Morgan fingerprint density at radius 2 is 1.41 bits per heavy atom. The van der Waals surface area contributed by atoms with Crippen LogP contribution in [0.1, 0.15) is 90.8 Å². The summed E-state index contributed by atoms with van der Waals surface area (Å²) in [6, 6.07) is 13.4. The Labute approximate surface area is 348 Å². The Morgan fingerprint density at radius 3 is 1.84 bits per heavy atom. The van der Waals surface area contributed by atoms with E-state index >= 15 is 4.39 Å². The van der Waals surface area contributed by atoms with E-state index in [2.05, 4.69) is 12.8 Å². The van der Waals surface area contributed by atoms with Gasteiger partial charge in [0.15, 0.2) is 0 Å². The molecule has 0 unspecified atom stereocenters. The van der Waals surface area contributed by atoms with Crippen molar-refractivity contribution >= 4 is 17.7 Å². The van der Waals surface area contributed by atoms with Gasteiger partial charge in [-0.1, -0.05) is 89.9 Å². The molecule has 0 aromatic heterocycles. The standard InChI is InChI=1S/C22H20F2O.C9H18O2.C8H9NO2.C2H6.CH3.K/c1-4-16-14(3)11-15(12-20(16)23)17-8-6-9-18(21(17)24)19-10-5-7-13(2)22(19)25;1-4-6-9(3,7-5-2)8(10)11;1-5-9(4)8(11)6(2)7(3)10;1-2;;/h5-12,25H,4H2,1-3H3;4-7H2,1-3H3,(H,10,11);2H,1H2,3-4H3;1-2H3;1H3;/q;;-2;;-1;+1. The van der Waals surface area contributed by atoms with Crippen LogP contribution < -0.4 is 51.4 Å². The second-order valence-corrected chi connectivity index (χ2v) is 11.6. The number of rotatable bonds is 11. The Bertz CT molecular complexity index is 1570. The number of phenolic OH excluding ortho intramolecular Hbond substituents is 1. The van der Waals surface area contributed by atoms with Crippen LogP contribution in [0.3, 0.4) is 0 Å². The molecule has 1 amide bonds. The number of nitrogens with zero attached hydrogens (tertiary/aromatic N) is 1. The Hall–Kier alpha value is -2.95. The molecule has 9 heteroatoms. The van der Waals surface area contributed by atoms with Gasteiger partial charge >= 0.3 is 57.4 Å². The number of carbonyl (C=O) groups is 3. The van der Waals surface area contributed by atoms with Crippen molar-refractivity contribution in [2.75, 3.05) is 7.05 Å². The maximum atomic E-state index is 15.2. The summed E-state index contributed by atoms with van der Waals surface area (Å²) in [6.07, 6.45) is 6.35. The van der Waals surface area contributed by atoms with Gasteiger partial charge in [-0.3, -0.25) is 4.79 Å².